The van der Waals surface area contributed by atoms with Crippen LogP contribution in [0.3, 0.4) is 0 Å². The number of rotatable bonds is 5. The Hall–Kier alpha value is -0.0800. The fourth-order valence-electron chi connectivity index (χ4n) is 3.38. The second-order valence-corrected chi connectivity index (χ2v) is 7.54. The van der Waals surface area contributed by atoms with Crippen molar-refractivity contribution in [1.82, 2.24) is 10.2 Å². The monoisotopic (exact) mass is 252 g/mol. The molecule has 1 heterocycles. The summed E-state index contributed by atoms with van der Waals surface area (Å²) >= 11 is 0. The Kier molecular flexibility index (Phi) is 4.38. The van der Waals surface area contributed by atoms with E-state index in [1.54, 1.807) is 0 Å². The first-order chi connectivity index (χ1) is 8.42. The molecule has 0 bridgehead atoms. The standard InChI is InChI=1S/C16H32N2/c1-12(2)8-9-18-11-16(5,14-6-7-14)17-10-15(18)13(3)4/h12-15,17H,6-11H2,1-5H3. The molecule has 2 nitrogen and oxygen atoms in total. The van der Waals surface area contributed by atoms with Crippen LogP contribution in [0.5, 0.6) is 0 Å². The Morgan fingerprint density at radius 3 is 2.39 bits per heavy atom. The number of nitrogens with one attached hydrogen (secondary N) is 1. The van der Waals surface area contributed by atoms with Gasteiger partial charge in [-0.05, 0) is 50.5 Å². The zero-order chi connectivity index (χ0) is 13.3. The van der Waals surface area contributed by atoms with E-state index in [9.17, 15) is 0 Å². The molecule has 1 saturated heterocycles. The lowest BCUT2D eigenvalue weighted by molar-refractivity contribution is 0.0490. The van der Waals surface area contributed by atoms with E-state index in [-0.39, 0.29) is 0 Å². The normalized spacial score (nSPS) is 34.5. The summed E-state index contributed by atoms with van der Waals surface area (Å²) in [5.41, 5.74) is 0.391. The van der Waals surface area contributed by atoms with Gasteiger partial charge in [-0.2, -0.15) is 0 Å². The van der Waals surface area contributed by atoms with Crippen LogP contribution in [0, 0.1) is 17.8 Å². The van der Waals surface area contributed by atoms with Crippen molar-refractivity contribution in [2.75, 3.05) is 19.6 Å². The molecule has 0 amide bonds. The Bertz CT molecular complexity index is 270. The first-order valence-corrected chi connectivity index (χ1v) is 7.91. The number of piperazine rings is 1. The molecule has 0 aromatic rings. The van der Waals surface area contributed by atoms with Crippen LogP contribution in [0.25, 0.3) is 0 Å². The summed E-state index contributed by atoms with van der Waals surface area (Å²) in [4.78, 5) is 2.78. The SMILES string of the molecule is CC(C)CCN1CC(C)(C2CC2)NCC1C(C)C. The van der Waals surface area contributed by atoms with E-state index >= 15 is 0 Å². The highest BCUT2D eigenvalue weighted by molar-refractivity contribution is 5.04. The predicted octanol–water partition coefficient (Wildman–Crippen LogP) is 3.13. The number of nitrogens with zero attached hydrogens (tertiary/aromatic N) is 1. The van der Waals surface area contributed by atoms with E-state index in [1.807, 2.05) is 0 Å². The van der Waals surface area contributed by atoms with E-state index in [0.29, 0.717) is 5.54 Å². The van der Waals surface area contributed by atoms with Gasteiger partial charge in [0.1, 0.15) is 0 Å². The molecule has 2 unspecified atom stereocenters. The van der Waals surface area contributed by atoms with Crippen molar-refractivity contribution in [2.24, 2.45) is 17.8 Å². The van der Waals surface area contributed by atoms with Gasteiger partial charge in [0, 0.05) is 24.7 Å². The van der Waals surface area contributed by atoms with E-state index in [1.165, 1.54) is 38.9 Å². The Morgan fingerprint density at radius 1 is 1.22 bits per heavy atom. The molecule has 2 rings (SSSR count). The molecule has 1 aliphatic heterocycles. The van der Waals surface area contributed by atoms with Gasteiger partial charge in [0.2, 0.25) is 0 Å². The quantitative estimate of drug-likeness (QED) is 0.809. The zero-order valence-corrected chi connectivity index (χ0v) is 13.0. The van der Waals surface area contributed by atoms with Gasteiger partial charge < -0.3 is 5.32 Å². The van der Waals surface area contributed by atoms with Gasteiger partial charge in [-0.3, -0.25) is 4.90 Å². The van der Waals surface area contributed by atoms with Crippen molar-refractivity contribution in [3.8, 4) is 0 Å². The molecule has 1 saturated carbocycles. The maximum atomic E-state index is 3.86. The topological polar surface area (TPSA) is 15.3 Å². The third kappa shape index (κ3) is 3.27. The van der Waals surface area contributed by atoms with E-state index in [2.05, 4.69) is 44.8 Å². The molecule has 0 aromatic carbocycles. The Labute approximate surface area is 114 Å². The van der Waals surface area contributed by atoms with E-state index in [4.69, 9.17) is 0 Å². The average molecular weight is 252 g/mol. The molecule has 1 N–H and O–H groups in total. The van der Waals surface area contributed by atoms with Gasteiger partial charge in [0.15, 0.2) is 0 Å². The molecule has 2 atom stereocenters. The van der Waals surface area contributed by atoms with Gasteiger partial charge in [-0.25, -0.2) is 0 Å². The highest BCUT2D eigenvalue weighted by Crippen LogP contribution is 2.41. The first-order valence-electron chi connectivity index (χ1n) is 7.91. The van der Waals surface area contributed by atoms with Crippen LogP contribution in [0.4, 0.5) is 0 Å². The third-order valence-electron chi connectivity index (χ3n) is 4.96. The largest absolute Gasteiger partial charge is 0.308 e. The van der Waals surface area contributed by atoms with Gasteiger partial charge in [0.25, 0.3) is 0 Å². The summed E-state index contributed by atoms with van der Waals surface area (Å²) in [6, 6.07) is 0.732. The predicted molar refractivity (Wildman–Crippen MR) is 78.8 cm³/mol. The summed E-state index contributed by atoms with van der Waals surface area (Å²) in [5, 5.41) is 3.86. The maximum Gasteiger partial charge on any atom is 0.0309 e. The van der Waals surface area contributed by atoms with Gasteiger partial charge in [-0.15, -0.1) is 0 Å². The molecule has 2 aliphatic rings. The summed E-state index contributed by atoms with van der Waals surface area (Å²) in [6.45, 7) is 15.6. The lowest BCUT2D eigenvalue weighted by Gasteiger charge is -2.48. The molecule has 0 aromatic heterocycles. The minimum Gasteiger partial charge on any atom is -0.308 e. The van der Waals surface area contributed by atoms with Gasteiger partial charge >= 0.3 is 0 Å². The molecule has 2 fully saturated rings. The first kappa shape index (κ1) is 14.3. The second-order valence-electron chi connectivity index (χ2n) is 7.54. The average Bonchev–Trinajstić information content (AvgIpc) is 3.09. The molecular weight excluding hydrogens is 220 g/mol. The summed E-state index contributed by atoms with van der Waals surface area (Å²) < 4.78 is 0. The molecule has 106 valence electrons. The Balaban J connectivity index is 1.98. The molecule has 2 heteroatoms. The fourth-order valence-corrected chi connectivity index (χ4v) is 3.38. The lowest BCUT2D eigenvalue weighted by atomic mass is 9.87. The number of hydrogen-bond donors (Lipinski definition) is 1. The van der Waals surface area contributed by atoms with Crippen molar-refractivity contribution >= 4 is 0 Å². The van der Waals surface area contributed by atoms with Crippen molar-refractivity contribution in [1.29, 1.82) is 0 Å². The van der Waals surface area contributed by atoms with Crippen molar-refractivity contribution < 1.29 is 0 Å². The highest BCUT2D eigenvalue weighted by Gasteiger charge is 2.46. The fraction of sp³-hybridized carbons (Fsp3) is 1.00. The minimum absolute atomic E-state index is 0.391. The summed E-state index contributed by atoms with van der Waals surface area (Å²) in [6.07, 6.45) is 4.21. The van der Waals surface area contributed by atoms with E-state index < -0.39 is 0 Å². The summed E-state index contributed by atoms with van der Waals surface area (Å²) in [5.74, 6) is 2.51. The molecule has 0 radical (unpaired) electrons. The van der Waals surface area contributed by atoms with Crippen molar-refractivity contribution in [3.63, 3.8) is 0 Å². The van der Waals surface area contributed by atoms with Crippen LogP contribution < -0.4 is 5.32 Å². The number of hydrogen-bond acceptors (Lipinski definition) is 2. The van der Waals surface area contributed by atoms with Gasteiger partial charge in [-0.1, -0.05) is 27.7 Å². The smallest absolute Gasteiger partial charge is 0.0309 e. The van der Waals surface area contributed by atoms with Crippen LogP contribution in [0.1, 0.15) is 53.9 Å². The second kappa shape index (κ2) is 5.50. The minimum atomic E-state index is 0.391. The zero-order valence-electron chi connectivity index (χ0n) is 13.0. The van der Waals surface area contributed by atoms with Crippen LogP contribution in [0.2, 0.25) is 0 Å². The third-order valence-corrected chi connectivity index (χ3v) is 4.96. The highest BCUT2D eigenvalue weighted by atomic mass is 15.3. The van der Waals surface area contributed by atoms with Crippen molar-refractivity contribution in [3.05, 3.63) is 0 Å². The van der Waals surface area contributed by atoms with Crippen LogP contribution in [-0.2, 0) is 0 Å². The van der Waals surface area contributed by atoms with Gasteiger partial charge in [0.05, 0.1) is 0 Å². The van der Waals surface area contributed by atoms with Crippen LogP contribution >= 0.6 is 0 Å². The maximum absolute atomic E-state index is 3.86. The van der Waals surface area contributed by atoms with Crippen LogP contribution in [0.15, 0.2) is 0 Å². The van der Waals surface area contributed by atoms with E-state index in [0.717, 1.165) is 23.8 Å². The molecule has 1 aliphatic carbocycles. The summed E-state index contributed by atoms with van der Waals surface area (Å²) in [7, 11) is 0. The molecular formula is C16H32N2. The lowest BCUT2D eigenvalue weighted by Crippen LogP contribution is -2.65. The van der Waals surface area contributed by atoms with Crippen molar-refractivity contribution in [2.45, 2.75) is 65.5 Å². The molecule has 0 spiro atoms. The van der Waals surface area contributed by atoms with Crippen LogP contribution in [-0.4, -0.2) is 36.1 Å². The molecule has 18 heavy (non-hydrogen) atoms. The Morgan fingerprint density at radius 2 is 1.89 bits per heavy atom.